The van der Waals surface area contributed by atoms with Gasteiger partial charge < -0.3 is 4.74 Å². The van der Waals surface area contributed by atoms with Crippen LogP contribution < -0.4 is 0 Å². The Balaban J connectivity index is 2.36. The molecule has 0 spiro atoms. The van der Waals surface area contributed by atoms with Gasteiger partial charge in [0.05, 0.1) is 12.2 Å². The molecule has 22 heavy (non-hydrogen) atoms. The molecule has 0 unspecified atom stereocenters. The van der Waals surface area contributed by atoms with Crippen LogP contribution in [-0.2, 0) is 16.0 Å². The van der Waals surface area contributed by atoms with E-state index in [4.69, 9.17) is 4.74 Å². The number of ether oxygens (including phenoxy) is 1. The van der Waals surface area contributed by atoms with E-state index in [1.165, 1.54) is 0 Å². The van der Waals surface area contributed by atoms with Gasteiger partial charge >= 0.3 is 5.97 Å². The predicted octanol–water partition coefficient (Wildman–Crippen LogP) is 3.87. The fourth-order valence-corrected chi connectivity index (χ4v) is 2.67. The van der Waals surface area contributed by atoms with E-state index in [2.05, 4.69) is 6.08 Å². The standard InChI is InChI=1S/C19H22O3/c1-14-11-15(2)18-16(12-14)13-17(20)9-7-5-3-4-6-8-10-22-19(18)21/h4,6-7,9,11-12H,3,5,8,10,13H2,1-2H3/b6-4+,9-7+. The summed E-state index contributed by atoms with van der Waals surface area (Å²) in [4.78, 5) is 24.4. The highest BCUT2D eigenvalue weighted by Crippen LogP contribution is 2.20. The van der Waals surface area contributed by atoms with E-state index >= 15 is 0 Å². The largest absolute Gasteiger partial charge is 0.462 e. The Morgan fingerprint density at radius 1 is 0.955 bits per heavy atom. The monoisotopic (exact) mass is 298 g/mol. The Morgan fingerprint density at radius 3 is 2.50 bits per heavy atom. The Kier molecular flexibility index (Phi) is 5.70. The van der Waals surface area contributed by atoms with Gasteiger partial charge in [0, 0.05) is 6.42 Å². The number of carbonyl (C=O) groups excluding carboxylic acids is 2. The molecular formula is C19H22O3. The molecule has 3 heteroatoms. The fraction of sp³-hybridized carbons (Fsp3) is 0.368. The molecule has 0 atom stereocenters. The summed E-state index contributed by atoms with van der Waals surface area (Å²) in [5.41, 5.74) is 3.20. The molecule has 0 amide bonds. The average Bonchev–Trinajstić information content (AvgIpc) is 2.44. The number of allylic oxidation sites excluding steroid dienone is 3. The maximum Gasteiger partial charge on any atom is 0.338 e. The van der Waals surface area contributed by atoms with Crippen molar-refractivity contribution in [3.63, 3.8) is 0 Å². The van der Waals surface area contributed by atoms with Crippen LogP contribution in [0.15, 0.2) is 36.4 Å². The van der Waals surface area contributed by atoms with Crippen molar-refractivity contribution >= 4 is 11.8 Å². The molecule has 1 heterocycles. The number of benzene rings is 1. The van der Waals surface area contributed by atoms with Crippen molar-refractivity contribution < 1.29 is 14.3 Å². The first kappa shape index (κ1) is 16.2. The Hall–Kier alpha value is -2.16. The van der Waals surface area contributed by atoms with Gasteiger partial charge in [-0.2, -0.15) is 0 Å². The lowest BCUT2D eigenvalue weighted by Gasteiger charge is -2.13. The molecule has 0 saturated carbocycles. The van der Waals surface area contributed by atoms with Gasteiger partial charge in [-0.25, -0.2) is 4.79 Å². The zero-order chi connectivity index (χ0) is 15.9. The summed E-state index contributed by atoms with van der Waals surface area (Å²) >= 11 is 0. The maximum atomic E-state index is 12.3. The number of cyclic esters (lactones) is 1. The van der Waals surface area contributed by atoms with Crippen molar-refractivity contribution in [2.24, 2.45) is 0 Å². The van der Waals surface area contributed by atoms with Crippen LogP contribution in [-0.4, -0.2) is 18.4 Å². The van der Waals surface area contributed by atoms with Crippen LogP contribution in [0.2, 0.25) is 0 Å². The van der Waals surface area contributed by atoms with Crippen LogP contribution in [0.25, 0.3) is 0 Å². The van der Waals surface area contributed by atoms with Crippen molar-refractivity contribution in [1.29, 1.82) is 0 Å². The fourth-order valence-electron chi connectivity index (χ4n) is 2.67. The summed E-state index contributed by atoms with van der Waals surface area (Å²) in [6.45, 7) is 4.22. The van der Waals surface area contributed by atoms with Crippen molar-refractivity contribution in [2.45, 2.75) is 39.5 Å². The Morgan fingerprint density at radius 2 is 1.68 bits per heavy atom. The highest BCUT2D eigenvalue weighted by Gasteiger charge is 2.18. The second kappa shape index (κ2) is 7.74. The quantitative estimate of drug-likeness (QED) is 0.539. The second-order valence-electron chi connectivity index (χ2n) is 5.63. The number of carbonyl (C=O) groups is 2. The summed E-state index contributed by atoms with van der Waals surface area (Å²) < 4.78 is 5.35. The second-order valence-corrected chi connectivity index (χ2v) is 5.63. The van der Waals surface area contributed by atoms with Gasteiger partial charge in [-0.05, 0) is 50.3 Å². The Bertz CT molecular complexity index is 624. The third-order valence-corrected chi connectivity index (χ3v) is 3.62. The Labute approximate surface area is 131 Å². The molecule has 1 aliphatic heterocycles. The maximum absolute atomic E-state index is 12.3. The molecule has 1 aromatic rings. The summed E-state index contributed by atoms with van der Waals surface area (Å²) in [6.07, 6.45) is 10.3. The number of hydrogen-bond acceptors (Lipinski definition) is 3. The van der Waals surface area contributed by atoms with Gasteiger partial charge in [0.1, 0.15) is 0 Å². The molecule has 0 radical (unpaired) electrons. The molecule has 116 valence electrons. The smallest absolute Gasteiger partial charge is 0.338 e. The SMILES string of the molecule is Cc1cc(C)c2c(c1)CC(=O)/C=C/CC/C=C/CCOC2=O. The van der Waals surface area contributed by atoms with E-state index in [0.717, 1.165) is 29.5 Å². The van der Waals surface area contributed by atoms with Gasteiger partial charge in [-0.3, -0.25) is 4.79 Å². The van der Waals surface area contributed by atoms with Crippen molar-refractivity contribution in [3.05, 3.63) is 58.7 Å². The van der Waals surface area contributed by atoms with Gasteiger partial charge in [-0.1, -0.05) is 35.9 Å². The highest BCUT2D eigenvalue weighted by atomic mass is 16.5. The summed E-state index contributed by atoms with van der Waals surface area (Å²) in [6, 6.07) is 3.85. The first-order valence-corrected chi connectivity index (χ1v) is 7.69. The molecule has 0 aliphatic carbocycles. The van der Waals surface area contributed by atoms with Crippen LogP contribution in [0.3, 0.4) is 0 Å². The van der Waals surface area contributed by atoms with E-state index in [1.54, 1.807) is 6.08 Å². The van der Waals surface area contributed by atoms with Gasteiger partial charge in [0.15, 0.2) is 5.78 Å². The van der Waals surface area contributed by atoms with Crippen molar-refractivity contribution in [3.8, 4) is 0 Å². The van der Waals surface area contributed by atoms with E-state index < -0.39 is 0 Å². The number of fused-ring (bicyclic) bond motifs is 1. The van der Waals surface area contributed by atoms with E-state index in [-0.39, 0.29) is 18.2 Å². The molecule has 2 rings (SSSR count). The highest BCUT2D eigenvalue weighted by molar-refractivity contribution is 5.97. The molecule has 0 fully saturated rings. The van der Waals surface area contributed by atoms with E-state index in [0.29, 0.717) is 18.6 Å². The predicted molar refractivity (Wildman–Crippen MR) is 87.0 cm³/mol. The number of aryl methyl sites for hydroxylation is 2. The minimum absolute atomic E-state index is 0.0140. The normalized spacial score (nSPS) is 19.7. The molecule has 0 N–H and O–H groups in total. The molecule has 1 aromatic carbocycles. The van der Waals surface area contributed by atoms with Crippen LogP contribution in [0.4, 0.5) is 0 Å². The number of ketones is 1. The van der Waals surface area contributed by atoms with E-state index in [1.807, 2.05) is 38.1 Å². The number of esters is 1. The lowest BCUT2D eigenvalue weighted by atomic mass is 9.95. The first-order valence-electron chi connectivity index (χ1n) is 7.69. The summed E-state index contributed by atoms with van der Waals surface area (Å²) in [5, 5.41) is 0. The lowest BCUT2D eigenvalue weighted by Crippen LogP contribution is -2.13. The molecule has 3 nitrogen and oxygen atoms in total. The van der Waals surface area contributed by atoms with Crippen LogP contribution in [0.5, 0.6) is 0 Å². The van der Waals surface area contributed by atoms with E-state index in [9.17, 15) is 9.59 Å². The number of rotatable bonds is 0. The molecule has 1 aliphatic rings. The topological polar surface area (TPSA) is 43.4 Å². The van der Waals surface area contributed by atoms with Crippen LogP contribution in [0, 0.1) is 13.8 Å². The zero-order valence-electron chi connectivity index (χ0n) is 13.2. The van der Waals surface area contributed by atoms with Gasteiger partial charge in [0.25, 0.3) is 0 Å². The summed E-state index contributed by atoms with van der Waals surface area (Å²) in [7, 11) is 0. The third kappa shape index (κ3) is 4.42. The minimum atomic E-state index is -0.338. The summed E-state index contributed by atoms with van der Waals surface area (Å²) in [5.74, 6) is -0.324. The number of hydrogen-bond donors (Lipinski definition) is 0. The molecular weight excluding hydrogens is 276 g/mol. The lowest BCUT2D eigenvalue weighted by molar-refractivity contribution is -0.114. The third-order valence-electron chi connectivity index (χ3n) is 3.62. The first-order chi connectivity index (χ1) is 10.6. The van der Waals surface area contributed by atoms with Crippen LogP contribution >= 0.6 is 0 Å². The molecule has 0 aromatic heterocycles. The zero-order valence-corrected chi connectivity index (χ0v) is 13.2. The average molecular weight is 298 g/mol. The van der Waals surface area contributed by atoms with Crippen molar-refractivity contribution in [2.75, 3.05) is 6.61 Å². The van der Waals surface area contributed by atoms with Gasteiger partial charge in [0.2, 0.25) is 0 Å². The van der Waals surface area contributed by atoms with Crippen LogP contribution in [0.1, 0.15) is 46.3 Å². The minimum Gasteiger partial charge on any atom is -0.462 e. The van der Waals surface area contributed by atoms with Gasteiger partial charge in [-0.15, -0.1) is 0 Å². The molecule has 0 saturated heterocycles. The molecule has 0 bridgehead atoms. The van der Waals surface area contributed by atoms with Crippen molar-refractivity contribution in [1.82, 2.24) is 0 Å².